The molecule has 2 saturated heterocycles. The minimum Gasteiger partial charge on any atom is -0.316 e. The second-order valence-electron chi connectivity index (χ2n) is 5.83. The molecule has 1 aromatic heterocycles. The van der Waals surface area contributed by atoms with Crippen LogP contribution in [-0.2, 0) is 10.0 Å². The largest absolute Gasteiger partial charge is 0.316 e. The van der Waals surface area contributed by atoms with Gasteiger partial charge in [0.1, 0.15) is 0 Å². The Balaban J connectivity index is 1.77. The van der Waals surface area contributed by atoms with Crippen molar-refractivity contribution in [2.75, 3.05) is 26.2 Å². The van der Waals surface area contributed by atoms with E-state index in [4.69, 9.17) is 0 Å². The van der Waals surface area contributed by atoms with Gasteiger partial charge in [-0.15, -0.1) is 0 Å². The second-order valence-corrected chi connectivity index (χ2v) is 7.73. The van der Waals surface area contributed by atoms with E-state index in [1.807, 2.05) is 12.1 Å². The highest BCUT2D eigenvalue weighted by Gasteiger charge is 2.41. The second kappa shape index (κ2) is 4.76. The fourth-order valence-corrected chi connectivity index (χ4v) is 5.20. The summed E-state index contributed by atoms with van der Waals surface area (Å²) in [6.07, 6.45) is 1.69. The number of pyridine rings is 1. The maximum Gasteiger partial charge on any atom is 0.243 e. The number of nitrogens with one attached hydrogen (secondary N) is 1. The molecule has 1 aromatic carbocycles. The Kier molecular flexibility index (Phi) is 2.99. The van der Waals surface area contributed by atoms with Gasteiger partial charge < -0.3 is 5.32 Å². The molecule has 110 valence electrons. The molecule has 0 spiro atoms. The predicted molar refractivity (Wildman–Crippen MR) is 80.4 cm³/mol. The number of fused-ring (bicyclic) bond motifs is 2. The Bertz CT molecular complexity index is 773. The van der Waals surface area contributed by atoms with Gasteiger partial charge in [-0.25, -0.2) is 8.42 Å². The van der Waals surface area contributed by atoms with E-state index in [2.05, 4.69) is 10.3 Å². The van der Waals surface area contributed by atoms with E-state index in [0.717, 1.165) is 18.6 Å². The third-order valence-corrected chi connectivity index (χ3v) is 6.47. The third kappa shape index (κ3) is 2.06. The van der Waals surface area contributed by atoms with E-state index in [9.17, 15) is 8.42 Å². The molecule has 1 N–H and O–H groups in total. The first-order chi connectivity index (χ1) is 10.2. The Labute approximate surface area is 124 Å². The third-order valence-electron chi connectivity index (χ3n) is 4.58. The quantitative estimate of drug-likeness (QED) is 0.901. The van der Waals surface area contributed by atoms with Crippen LogP contribution in [0.2, 0.25) is 0 Å². The first kappa shape index (κ1) is 13.2. The van der Waals surface area contributed by atoms with Crippen molar-refractivity contribution in [1.82, 2.24) is 14.6 Å². The molecule has 0 amide bonds. The lowest BCUT2D eigenvalue weighted by Crippen LogP contribution is -2.32. The van der Waals surface area contributed by atoms with Gasteiger partial charge in [0.25, 0.3) is 0 Å². The van der Waals surface area contributed by atoms with Gasteiger partial charge in [-0.3, -0.25) is 4.98 Å². The normalized spacial score (nSPS) is 26.3. The first-order valence-electron chi connectivity index (χ1n) is 7.21. The van der Waals surface area contributed by atoms with Crippen LogP contribution in [0.1, 0.15) is 0 Å². The van der Waals surface area contributed by atoms with Crippen LogP contribution in [0.5, 0.6) is 0 Å². The molecule has 2 fully saturated rings. The summed E-state index contributed by atoms with van der Waals surface area (Å²) < 4.78 is 27.6. The van der Waals surface area contributed by atoms with Gasteiger partial charge in [0.05, 0.1) is 10.4 Å². The first-order valence-corrected chi connectivity index (χ1v) is 8.65. The van der Waals surface area contributed by atoms with Gasteiger partial charge in [-0.2, -0.15) is 4.31 Å². The van der Waals surface area contributed by atoms with Gasteiger partial charge in [-0.05, 0) is 49.2 Å². The van der Waals surface area contributed by atoms with Crippen molar-refractivity contribution in [2.45, 2.75) is 4.90 Å². The van der Waals surface area contributed by atoms with Crippen molar-refractivity contribution in [3.63, 3.8) is 0 Å². The molecule has 6 heteroatoms. The molecule has 3 heterocycles. The summed E-state index contributed by atoms with van der Waals surface area (Å²) in [5.41, 5.74) is 0.722. The highest BCUT2D eigenvalue weighted by Crippen LogP contribution is 2.32. The molecular formula is C15H17N3O2S. The average Bonchev–Trinajstić information content (AvgIpc) is 3.08. The molecule has 0 aliphatic carbocycles. The molecule has 4 rings (SSSR count). The Morgan fingerprint density at radius 1 is 1.10 bits per heavy atom. The smallest absolute Gasteiger partial charge is 0.243 e. The Morgan fingerprint density at radius 3 is 2.62 bits per heavy atom. The van der Waals surface area contributed by atoms with Crippen LogP contribution in [0.4, 0.5) is 0 Å². The van der Waals surface area contributed by atoms with Crippen molar-refractivity contribution in [3.8, 4) is 0 Å². The average molecular weight is 303 g/mol. The minimum absolute atomic E-state index is 0.376. The van der Waals surface area contributed by atoms with Crippen molar-refractivity contribution >= 4 is 20.9 Å². The monoisotopic (exact) mass is 303 g/mol. The van der Waals surface area contributed by atoms with Crippen LogP contribution in [0.3, 0.4) is 0 Å². The lowest BCUT2D eigenvalue weighted by molar-refractivity contribution is 0.448. The summed E-state index contributed by atoms with van der Waals surface area (Å²) in [7, 11) is -3.44. The highest BCUT2D eigenvalue weighted by molar-refractivity contribution is 7.89. The Hall–Kier alpha value is -1.50. The van der Waals surface area contributed by atoms with Gasteiger partial charge in [0, 0.05) is 24.7 Å². The topological polar surface area (TPSA) is 62.3 Å². The number of sulfonamides is 1. The van der Waals surface area contributed by atoms with Crippen LogP contribution in [-0.4, -0.2) is 43.9 Å². The number of hydrogen-bond donors (Lipinski definition) is 1. The maximum absolute atomic E-state index is 13.0. The molecule has 2 unspecified atom stereocenters. The van der Waals surface area contributed by atoms with Crippen LogP contribution in [0, 0.1) is 11.8 Å². The summed E-state index contributed by atoms with van der Waals surface area (Å²) >= 11 is 0. The summed E-state index contributed by atoms with van der Waals surface area (Å²) in [4.78, 5) is 4.62. The lowest BCUT2D eigenvalue weighted by Gasteiger charge is -2.18. The molecule has 2 atom stereocenters. The van der Waals surface area contributed by atoms with Crippen molar-refractivity contribution in [1.29, 1.82) is 0 Å². The summed E-state index contributed by atoms with van der Waals surface area (Å²) in [5.74, 6) is 0.903. The summed E-state index contributed by atoms with van der Waals surface area (Å²) in [6.45, 7) is 3.09. The van der Waals surface area contributed by atoms with Crippen molar-refractivity contribution in [3.05, 3.63) is 36.5 Å². The number of aromatic nitrogens is 1. The fraction of sp³-hybridized carbons (Fsp3) is 0.400. The van der Waals surface area contributed by atoms with Crippen LogP contribution in [0.25, 0.3) is 10.9 Å². The van der Waals surface area contributed by atoms with Gasteiger partial charge in [-0.1, -0.05) is 6.07 Å². The molecule has 5 nitrogen and oxygen atoms in total. The van der Waals surface area contributed by atoms with E-state index in [1.165, 1.54) is 0 Å². The molecule has 2 aromatic rings. The zero-order valence-electron chi connectivity index (χ0n) is 11.6. The zero-order chi connectivity index (χ0) is 14.4. The van der Waals surface area contributed by atoms with E-state index in [1.54, 1.807) is 28.7 Å². The van der Waals surface area contributed by atoms with Crippen LogP contribution in [0.15, 0.2) is 41.4 Å². The predicted octanol–water partition coefficient (Wildman–Crippen LogP) is 1.07. The van der Waals surface area contributed by atoms with Gasteiger partial charge in [0.15, 0.2) is 0 Å². The van der Waals surface area contributed by atoms with E-state index < -0.39 is 10.0 Å². The summed E-state index contributed by atoms with van der Waals surface area (Å²) in [5, 5.41) is 4.04. The van der Waals surface area contributed by atoms with E-state index >= 15 is 0 Å². The zero-order valence-corrected chi connectivity index (χ0v) is 12.4. The SMILES string of the molecule is O=S(=O)(c1cccc2ncccc12)N1CC2CNCC2C1. The van der Waals surface area contributed by atoms with Crippen molar-refractivity contribution < 1.29 is 8.42 Å². The maximum atomic E-state index is 13.0. The summed E-state index contributed by atoms with van der Waals surface area (Å²) in [6, 6.07) is 8.90. The number of hydrogen-bond acceptors (Lipinski definition) is 4. The van der Waals surface area contributed by atoms with E-state index in [-0.39, 0.29) is 0 Å². The minimum atomic E-state index is -3.44. The van der Waals surface area contributed by atoms with Gasteiger partial charge in [0.2, 0.25) is 10.0 Å². The van der Waals surface area contributed by atoms with Crippen LogP contribution >= 0.6 is 0 Å². The lowest BCUT2D eigenvalue weighted by atomic mass is 10.0. The van der Waals surface area contributed by atoms with E-state index in [0.29, 0.717) is 35.2 Å². The standard InChI is InChI=1S/C15H17N3O2S/c19-21(20,18-9-11-7-16-8-12(11)10-18)15-5-1-4-14-13(15)3-2-6-17-14/h1-6,11-12,16H,7-10H2. The van der Waals surface area contributed by atoms with Gasteiger partial charge >= 0.3 is 0 Å². The number of benzene rings is 1. The molecule has 2 aliphatic heterocycles. The number of rotatable bonds is 2. The fourth-order valence-electron chi connectivity index (χ4n) is 3.45. The molecule has 2 aliphatic rings. The van der Waals surface area contributed by atoms with Crippen molar-refractivity contribution in [2.24, 2.45) is 11.8 Å². The number of nitrogens with zero attached hydrogens (tertiary/aromatic N) is 2. The van der Waals surface area contributed by atoms with Crippen LogP contribution < -0.4 is 5.32 Å². The molecule has 21 heavy (non-hydrogen) atoms. The molecular weight excluding hydrogens is 286 g/mol. The highest BCUT2D eigenvalue weighted by atomic mass is 32.2. The molecule has 0 bridgehead atoms. The Morgan fingerprint density at radius 2 is 1.86 bits per heavy atom. The molecule has 0 saturated carbocycles. The molecule has 0 radical (unpaired) electrons.